The van der Waals surface area contributed by atoms with E-state index < -0.39 is 18.5 Å². The normalized spacial score (nSPS) is 12.2. The third-order valence-electron chi connectivity index (χ3n) is 5.68. The van der Waals surface area contributed by atoms with Crippen LogP contribution < -0.4 is 4.73 Å². The maximum atomic E-state index is 15.2. The fourth-order valence-electron chi connectivity index (χ4n) is 3.96. The second-order valence-corrected chi connectivity index (χ2v) is 8.33. The number of alkyl halides is 2. The number of halogens is 4. The smallest absolute Gasteiger partial charge is 0.345 e. The number of aromatic nitrogens is 9. The summed E-state index contributed by atoms with van der Waals surface area (Å²) in [5.74, 6) is -0.768. The molecule has 0 amide bonds. The van der Waals surface area contributed by atoms with Gasteiger partial charge in [-0.2, -0.15) is 23.3 Å². The van der Waals surface area contributed by atoms with Gasteiger partial charge in [0.15, 0.2) is 12.0 Å². The highest BCUT2D eigenvalue weighted by Crippen LogP contribution is 2.33. The Morgan fingerprint density at radius 3 is 2.71 bits per heavy atom. The molecule has 0 N–H and O–H groups in total. The molecular formula is C23H17ClF3N9O2. The zero-order valence-electron chi connectivity index (χ0n) is 19.3. The molecule has 0 fully saturated rings. The first-order chi connectivity index (χ1) is 18.4. The van der Waals surface area contributed by atoms with Crippen molar-refractivity contribution in [3.8, 4) is 28.1 Å². The van der Waals surface area contributed by atoms with Crippen molar-refractivity contribution >= 4 is 11.6 Å². The zero-order valence-corrected chi connectivity index (χ0v) is 20.0. The van der Waals surface area contributed by atoms with Gasteiger partial charge in [-0.3, -0.25) is 4.68 Å². The number of nitrogens with zero attached hydrogens (tertiary/aromatic N) is 9. The highest BCUT2D eigenvalue weighted by Gasteiger charge is 2.26. The van der Waals surface area contributed by atoms with Crippen LogP contribution in [0.25, 0.3) is 28.1 Å². The SMILES string of the molecule is [O-][n+]1cc(-c2c(-n3cnnn3)ccc(Cl)c2F)ccc1C(CCOC(F)F)n1cc(-c2ccncn2)cn1. The summed E-state index contributed by atoms with van der Waals surface area (Å²) in [5, 5.41) is 28.3. The molecule has 1 aromatic carbocycles. The molecule has 194 valence electrons. The lowest BCUT2D eigenvalue weighted by molar-refractivity contribution is -0.615. The van der Waals surface area contributed by atoms with Gasteiger partial charge in [-0.15, -0.1) is 5.10 Å². The van der Waals surface area contributed by atoms with E-state index in [4.69, 9.17) is 11.6 Å². The maximum Gasteiger partial charge on any atom is 0.345 e. The van der Waals surface area contributed by atoms with Gasteiger partial charge < -0.3 is 9.94 Å². The minimum absolute atomic E-state index is 0.00176. The predicted octanol–water partition coefficient (Wildman–Crippen LogP) is 3.63. The molecule has 4 aromatic heterocycles. The van der Waals surface area contributed by atoms with E-state index in [0.717, 1.165) is 6.20 Å². The summed E-state index contributed by atoms with van der Waals surface area (Å²) in [6, 6.07) is 6.74. The van der Waals surface area contributed by atoms with Gasteiger partial charge >= 0.3 is 6.61 Å². The van der Waals surface area contributed by atoms with Gasteiger partial charge in [0.1, 0.15) is 18.7 Å². The maximum absolute atomic E-state index is 15.2. The van der Waals surface area contributed by atoms with E-state index in [1.165, 1.54) is 52.5 Å². The number of pyridine rings is 1. The molecule has 0 aliphatic carbocycles. The molecule has 0 aliphatic heterocycles. The molecule has 0 aliphatic rings. The van der Waals surface area contributed by atoms with Crippen LogP contribution >= 0.6 is 11.6 Å². The first-order valence-corrected chi connectivity index (χ1v) is 11.5. The fraction of sp³-hybridized carbons (Fsp3) is 0.174. The Morgan fingerprint density at radius 2 is 2.00 bits per heavy atom. The summed E-state index contributed by atoms with van der Waals surface area (Å²) in [6.07, 6.45) is 8.55. The summed E-state index contributed by atoms with van der Waals surface area (Å²) in [4.78, 5) is 8.05. The van der Waals surface area contributed by atoms with Crippen LogP contribution in [0.1, 0.15) is 18.2 Å². The third-order valence-corrected chi connectivity index (χ3v) is 5.97. The summed E-state index contributed by atoms with van der Waals surface area (Å²) >= 11 is 6.02. The molecule has 0 saturated carbocycles. The fourth-order valence-corrected chi connectivity index (χ4v) is 4.12. The molecule has 1 unspecified atom stereocenters. The molecule has 38 heavy (non-hydrogen) atoms. The minimum atomic E-state index is -2.97. The van der Waals surface area contributed by atoms with Gasteiger partial charge in [0.2, 0.25) is 5.69 Å². The average Bonchev–Trinajstić information content (AvgIpc) is 3.62. The zero-order chi connectivity index (χ0) is 26.6. The minimum Gasteiger partial charge on any atom is -0.618 e. The highest BCUT2D eigenvalue weighted by atomic mass is 35.5. The average molecular weight is 544 g/mol. The van der Waals surface area contributed by atoms with E-state index in [0.29, 0.717) is 16.0 Å². The summed E-state index contributed by atoms with van der Waals surface area (Å²) in [7, 11) is 0. The van der Waals surface area contributed by atoms with Crippen molar-refractivity contribution in [2.75, 3.05) is 6.61 Å². The third kappa shape index (κ3) is 5.17. The van der Waals surface area contributed by atoms with Crippen LogP contribution in [0.2, 0.25) is 5.02 Å². The van der Waals surface area contributed by atoms with Crippen LogP contribution in [-0.2, 0) is 4.74 Å². The van der Waals surface area contributed by atoms with Crippen molar-refractivity contribution in [3.05, 3.63) is 89.5 Å². The standard InChI is InChI=1S/C23H17ClF3N9O2/c24-16-2-4-20(35-13-30-32-33-35)21(22(16)25)14-1-3-19(36(37)11-14)18(6-8-38-23(26)27)34-10-15(9-31-34)17-5-7-28-12-29-17/h1-5,7,9-13,18,23H,6,8H2. The molecule has 15 heteroatoms. The molecule has 5 aromatic rings. The van der Waals surface area contributed by atoms with Crippen LogP contribution in [0.5, 0.6) is 0 Å². The van der Waals surface area contributed by atoms with Crippen molar-refractivity contribution in [3.63, 3.8) is 0 Å². The second kappa shape index (κ2) is 10.9. The molecule has 5 rings (SSSR count). The lowest BCUT2D eigenvalue weighted by Crippen LogP contribution is -2.36. The first-order valence-electron chi connectivity index (χ1n) is 11.1. The van der Waals surface area contributed by atoms with E-state index in [-0.39, 0.29) is 40.6 Å². The van der Waals surface area contributed by atoms with E-state index in [9.17, 15) is 14.0 Å². The molecule has 0 saturated heterocycles. The van der Waals surface area contributed by atoms with Gasteiger partial charge in [-0.05, 0) is 34.7 Å². The molecule has 0 spiro atoms. The Hall–Kier alpha value is -4.43. The lowest BCUT2D eigenvalue weighted by Gasteiger charge is -2.18. The summed E-state index contributed by atoms with van der Waals surface area (Å²) in [5.41, 5.74) is 1.84. The second-order valence-electron chi connectivity index (χ2n) is 7.92. The Balaban J connectivity index is 1.54. The van der Waals surface area contributed by atoms with Crippen LogP contribution in [0, 0.1) is 11.0 Å². The number of hydrogen-bond donors (Lipinski definition) is 0. The van der Waals surface area contributed by atoms with E-state index in [2.05, 4.69) is 35.3 Å². The molecular weight excluding hydrogens is 527 g/mol. The number of rotatable bonds is 9. The Labute approximate surface area is 217 Å². The predicted molar refractivity (Wildman–Crippen MR) is 126 cm³/mol. The van der Waals surface area contributed by atoms with Crippen molar-refractivity contribution in [1.82, 2.24) is 40.0 Å². The number of hydrogen-bond acceptors (Lipinski definition) is 8. The molecule has 11 nitrogen and oxygen atoms in total. The van der Waals surface area contributed by atoms with Crippen molar-refractivity contribution in [2.24, 2.45) is 0 Å². The van der Waals surface area contributed by atoms with Crippen molar-refractivity contribution in [2.45, 2.75) is 19.1 Å². The quantitative estimate of drug-likeness (QED) is 0.204. The summed E-state index contributed by atoms with van der Waals surface area (Å²) < 4.78 is 48.2. The van der Waals surface area contributed by atoms with Crippen molar-refractivity contribution < 1.29 is 22.6 Å². The Kier molecular flexibility index (Phi) is 7.24. The van der Waals surface area contributed by atoms with E-state index in [1.54, 1.807) is 18.5 Å². The highest BCUT2D eigenvalue weighted by molar-refractivity contribution is 6.31. The summed E-state index contributed by atoms with van der Waals surface area (Å²) in [6.45, 7) is -3.32. The lowest BCUT2D eigenvalue weighted by atomic mass is 10.0. The molecule has 0 radical (unpaired) electrons. The van der Waals surface area contributed by atoms with Crippen LogP contribution in [0.3, 0.4) is 0 Å². The van der Waals surface area contributed by atoms with Gasteiger partial charge in [0.25, 0.3) is 0 Å². The van der Waals surface area contributed by atoms with E-state index in [1.807, 2.05) is 0 Å². The number of benzene rings is 1. The van der Waals surface area contributed by atoms with Gasteiger partial charge in [0.05, 0.1) is 40.3 Å². The number of tetrazole rings is 1. The van der Waals surface area contributed by atoms with Gasteiger partial charge in [0, 0.05) is 30.4 Å². The van der Waals surface area contributed by atoms with Crippen LogP contribution in [0.4, 0.5) is 13.2 Å². The number of ether oxygens (including phenoxy) is 1. The molecule has 0 bridgehead atoms. The van der Waals surface area contributed by atoms with Crippen molar-refractivity contribution in [1.29, 1.82) is 0 Å². The molecule has 1 atom stereocenters. The first kappa shape index (κ1) is 25.2. The largest absolute Gasteiger partial charge is 0.618 e. The Bertz CT molecular complexity index is 1530. The van der Waals surface area contributed by atoms with Crippen LogP contribution in [0.15, 0.2) is 67.8 Å². The van der Waals surface area contributed by atoms with Gasteiger partial charge in [-0.1, -0.05) is 11.6 Å². The monoisotopic (exact) mass is 543 g/mol. The topological polar surface area (TPSA) is 123 Å². The van der Waals surface area contributed by atoms with E-state index >= 15 is 4.39 Å². The molecule has 4 heterocycles. The Morgan fingerprint density at radius 1 is 1.13 bits per heavy atom. The van der Waals surface area contributed by atoms with Gasteiger partial charge in [-0.25, -0.2) is 14.4 Å². The van der Waals surface area contributed by atoms with Crippen LogP contribution in [-0.4, -0.2) is 53.2 Å².